The Hall–Kier alpha value is -3.14. The Labute approximate surface area is 189 Å². The maximum atomic E-state index is 12.4. The Morgan fingerprint density at radius 1 is 0.812 bits per heavy atom. The summed E-state index contributed by atoms with van der Waals surface area (Å²) in [5, 5.41) is 11.9. The van der Waals surface area contributed by atoms with E-state index in [2.05, 4.69) is 39.8 Å². The van der Waals surface area contributed by atoms with Crippen molar-refractivity contribution in [1.29, 1.82) is 0 Å². The van der Waals surface area contributed by atoms with Crippen LogP contribution in [0.2, 0.25) is 0 Å². The number of carbonyl (C=O) groups is 2. The predicted octanol–water partition coefficient (Wildman–Crippen LogP) is 6.19. The number of methoxy groups -OCH3 is 1. The molecule has 1 unspecified atom stereocenters. The number of carboxylic acid groups (broad SMARTS) is 1. The van der Waals surface area contributed by atoms with Crippen LogP contribution in [0, 0.1) is 0 Å². The van der Waals surface area contributed by atoms with Crippen molar-refractivity contribution in [2.45, 2.75) is 57.3 Å². The van der Waals surface area contributed by atoms with Gasteiger partial charge in [-0.25, -0.2) is 4.79 Å². The molecule has 0 bridgehead atoms. The molecule has 0 spiro atoms. The number of fused-ring (bicyclic) bond motifs is 2. The number of carbonyl (C=O) groups excluding carboxylic acids is 1. The van der Waals surface area contributed by atoms with Gasteiger partial charge in [0.2, 0.25) is 0 Å². The number of carboxylic acids is 1. The van der Waals surface area contributed by atoms with Gasteiger partial charge in [0.05, 0.1) is 12.7 Å². The van der Waals surface area contributed by atoms with Crippen molar-refractivity contribution in [3.8, 4) is 0 Å². The van der Waals surface area contributed by atoms with Gasteiger partial charge in [-0.3, -0.25) is 4.79 Å². The van der Waals surface area contributed by atoms with E-state index in [9.17, 15) is 14.7 Å². The summed E-state index contributed by atoms with van der Waals surface area (Å²) < 4.78 is 4.80. The van der Waals surface area contributed by atoms with E-state index in [4.69, 9.17) is 4.74 Å². The Morgan fingerprint density at radius 2 is 1.38 bits per heavy atom. The van der Waals surface area contributed by atoms with Gasteiger partial charge in [0, 0.05) is 0 Å². The summed E-state index contributed by atoms with van der Waals surface area (Å²) in [4.78, 5) is 24.2. The number of ether oxygens (including phenoxy) is 1. The Kier molecular flexibility index (Phi) is 5.36. The van der Waals surface area contributed by atoms with E-state index < -0.39 is 11.9 Å². The largest absolute Gasteiger partial charge is 0.481 e. The van der Waals surface area contributed by atoms with Crippen LogP contribution in [0.1, 0.15) is 79.1 Å². The SMILES string of the molecule is COC(=O)c1ccc2cc(C(C(=O)O)c3ccc4c(c3)C(C)(C)CCC4(C)C)ccc2c1. The first-order valence-corrected chi connectivity index (χ1v) is 11.0. The Bertz CT molecular complexity index is 1220. The average Bonchev–Trinajstić information content (AvgIpc) is 2.76. The highest BCUT2D eigenvalue weighted by molar-refractivity contribution is 5.96. The highest BCUT2D eigenvalue weighted by Gasteiger charge is 2.37. The van der Waals surface area contributed by atoms with Crippen LogP contribution in [0.25, 0.3) is 10.8 Å². The predicted molar refractivity (Wildman–Crippen MR) is 126 cm³/mol. The lowest BCUT2D eigenvalue weighted by Crippen LogP contribution is -2.34. The summed E-state index contributed by atoms with van der Waals surface area (Å²) in [7, 11) is 1.36. The monoisotopic (exact) mass is 430 g/mol. The van der Waals surface area contributed by atoms with E-state index in [1.54, 1.807) is 12.1 Å². The van der Waals surface area contributed by atoms with E-state index in [0.29, 0.717) is 5.56 Å². The molecule has 0 aliphatic heterocycles. The number of hydrogen-bond acceptors (Lipinski definition) is 3. The van der Waals surface area contributed by atoms with Gasteiger partial charge in [0.25, 0.3) is 0 Å². The quantitative estimate of drug-likeness (QED) is 0.501. The molecule has 1 atom stereocenters. The topological polar surface area (TPSA) is 63.6 Å². The molecule has 166 valence electrons. The van der Waals surface area contributed by atoms with Crippen molar-refractivity contribution in [3.05, 3.63) is 82.4 Å². The van der Waals surface area contributed by atoms with Gasteiger partial charge in [-0.05, 0) is 74.9 Å². The van der Waals surface area contributed by atoms with Crippen molar-refractivity contribution < 1.29 is 19.4 Å². The lowest BCUT2D eigenvalue weighted by molar-refractivity contribution is -0.137. The van der Waals surface area contributed by atoms with Gasteiger partial charge in [0.15, 0.2) is 0 Å². The molecule has 4 rings (SSSR count). The minimum atomic E-state index is -0.872. The molecule has 4 heteroatoms. The van der Waals surface area contributed by atoms with Crippen molar-refractivity contribution in [2.24, 2.45) is 0 Å². The first kappa shape index (κ1) is 22.1. The first-order chi connectivity index (χ1) is 15.0. The second-order valence-corrected chi connectivity index (χ2v) is 10.2. The minimum absolute atomic E-state index is 0.0115. The maximum Gasteiger partial charge on any atom is 0.337 e. The van der Waals surface area contributed by atoms with Crippen LogP contribution in [0.15, 0.2) is 54.6 Å². The number of aliphatic carboxylic acids is 1. The molecule has 0 amide bonds. The van der Waals surface area contributed by atoms with Crippen LogP contribution < -0.4 is 0 Å². The number of benzene rings is 3. The zero-order valence-electron chi connectivity index (χ0n) is 19.4. The molecule has 4 nitrogen and oxygen atoms in total. The van der Waals surface area contributed by atoms with Crippen molar-refractivity contribution in [2.75, 3.05) is 7.11 Å². The zero-order valence-corrected chi connectivity index (χ0v) is 19.4. The molecule has 0 radical (unpaired) electrons. The molecule has 0 heterocycles. The van der Waals surface area contributed by atoms with Crippen molar-refractivity contribution in [1.82, 2.24) is 0 Å². The fourth-order valence-corrected chi connectivity index (χ4v) is 4.95. The number of esters is 1. The van der Waals surface area contributed by atoms with E-state index in [-0.39, 0.29) is 16.8 Å². The Morgan fingerprint density at radius 3 is 2.03 bits per heavy atom. The molecule has 1 aliphatic carbocycles. The third-order valence-corrected chi connectivity index (χ3v) is 7.08. The minimum Gasteiger partial charge on any atom is -0.481 e. The van der Waals surface area contributed by atoms with Crippen LogP contribution in [0.5, 0.6) is 0 Å². The molecular formula is C28H30O4. The van der Waals surface area contributed by atoms with Gasteiger partial charge in [-0.15, -0.1) is 0 Å². The highest BCUT2D eigenvalue weighted by atomic mass is 16.5. The smallest absolute Gasteiger partial charge is 0.337 e. The van der Waals surface area contributed by atoms with Crippen LogP contribution in [0.3, 0.4) is 0 Å². The highest BCUT2D eigenvalue weighted by Crippen LogP contribution is 2.46. The first-order valence-electron chi connectivity index (χ1n) is 11.0. The van der Waals surface area contributed by atoms with E-state index in [1.807, 2.05) is 30.3 Å². The van der Waals surface area contributed by atoms with Gasteiger partial charge >= 0.3 is 11.9 Å². The van der Waals surface area contributed by atoms with Gasteiger partial charge < -0.3 is 9.84 Å². The van der Waals surface area contributed by atoms with Crippen LogP contribution in [-0.2, 0) is 20.4 Å². The molecule has 0 saturated heterocycles. The van der Waals surface area contributed by atoms with Crippen molar-refractivity contribution >= 4 is 22.7 Å². The molecule has 0 aromatic heterocycles. The standard InChI is InChI=1S/C28H30O4/c1-27(2)12-13-28(3,4)23-16-20(10-11-22(23)27)24(25(29)30)19-8-6-18-15-21(26(31)32-5)9-7-17(18)14-19/h6-11,14-16,24H,12-13H2,1-5H3,(H,29,30). The summed E-state index contributed by atoms with van der Waals surface area (Å²) in [6.45, 7) is 9.02. The Balaban J connectivity index is 1.80. The summed E-state index contributed by atoms with van der Waals surface area (Å²) in [5.41, 5.74) is 4.66. The molecule has 3 aromatic carbocycles. The second kappa shape index (κ2) is 7.77. The van der Waals surface area contributed by atoms with E-state index >= 15 is 0 Å². The van der Waals surface area contributed by atoms with Crippen LogP contribution >= 0.6 is 0 Å². The van der Waals surface area contributed by atoms with Crippen molar-refractivity contribution in [3.63, 3.8) is 0 Å². The lowest BCUT2D eigenvalue weighted by Gasteiger charge is -2.42. The zero-order chi connectivity index (χ0) is 23.3. The molecular weight excluding hydrogens is 400 g/mol. The molecule has 0 fully saturated rings. The maximum absolute atomic E-state index is 12.4. The number of hydrogen-bond donors (Lipinski definition) is 1. The fourth-order valence-electron chi connectivity index (χ4n) is 4.95. The van der Waals surface area contributed by atoms with Crippen LogP contribution in [0.4, 0.5) is 0 Å². The van der Waals surface area contributed by atoms with E-state index in [1.165, 1.54) is 18.2 Å². The molecule has 1 aliphatic rings. The molecule has 3 aromatic rings. The van der Waals surface area contributed by atoms with Gasteiger partial charge in [0.1, 0.15) is 5.92 Å². The third-order valence-electron chi connectivity index (χ3n) is 7.08. The lowest BCUT2D eigenvalue weighted by atomic mass is 9.62. The summed E-state index contributed by atoms with van der Waals surface area (Å²) in [6.07, 6.45) is 2.19. The molecule has 0 saturated carbocycles. The van der Waals surface area contributed by atoms with E-state index in [0.717, 1.165) is 34.7 Å². The summed E-state index contributed by atoms with van der Waals surface area (Å²) >= 11 is 0. The normalized spacial score (nSPS) is 17.4. The molecule has 1 N–H and O–H groups in total. The number of rotatable bonds is 4. The van der Waals surface area contributed by atoms with Crippen LogP contribution in [-0.4, -0.2) is 24.2 Å². The summed E-state index contributed by atoms with van der Waals surface area (Å²) in [6, 6.07) is 17.2. The van der Waals surface area contributed by atoms with Gasteiger partial charge in [-0.1, -0.05) is 64.1 Å². The van der Waals surface area contributed by atoms with Gasteiger partial charge in [-0.2, -0.15) is 0 Å². The third kappa shape index (κ3) is 3.79. The fraction of sp³-hybridized carbons (Fsp3) is 0.357. The molecule has 32 heavy (non-hydrogen) atoms. The summed E-state index contributed by atoms with van der Waals surface area (Å²) in [5.74, 6) is -2.02. The second-order valence-electron chi connectivity index (χ2n) is 10.2. The average molecular weight is 431 g/mol.